The van der Waals surface area contributed by atoms with Crippen molar-refractivity contribution < 1.29 is 23.9 Å². The fourth-order valence-electron chi connectivity index (χ4n) is 9.32. The SMILES string of the molecule is CC(=O)OCC(C)(C)OC(=O)NC(=NC[C@H](C)c1c(-c2cc(C)cc(C)c2)[nH]c2ccc(C(C)(C)C(=O)N3CC4CCC3CC4)cc12)N1CCC(c2ccncc2)C1. The summed E-state index contributed by atoms with van der Waals surface area (Å²) < 4.78 is 10.9. The van der Waals surface area contributed by atoms with Gasteiger partial charge >= 0.3 is 12.1 Å². The molecule has 1 saturated carbocycles. The number of guanidine groups is 1. The Hall–Kier alpha value is -5.19. The number of H-pyrrole nitrogens is 1. The molecular formula is C47H60N6O5. The molecule has 0 radical (unpaired) electrons. The monoisotopic (exact) mass is 788 g/mol. The lowest BCUT2D eigenvalue weighted by molar-refractivity contribution is -0.147. The number of benzene rings is 2. The number of carbonyl (C=O) groups is 3. The number of aromatic amines is 1. The van der Waals surface area contributed by atoms with E-state index in [9.17, 15) is 14.4 Å². The molecule has 2 aromatic heterocycles. The highest BCUT2D eigenvalue weighted by atomic mass is 16.6. The number of aliphatic imine (C=N–C) groups is 1. The summed E-state index contributed by atoms with van der Waals surface area (Å²) in [5.41, 5.74) is 7.02. The standard InChI is InChI=1S/C47H60N6O5/c1-29-21-30(2)23-36(22-29)42-41(39-24-37(11-14-40(39)50-42)47(7,8)43(55)53-26-33-9-12-38(53)13-10-33)31(3)25-49-44(51-45(56)58-46(5,6)28-57-32(4)54)52-20-17-35(27-52)34-15-18-48-19-16-34/h11,14-16,18-19,21-24,31,33,35,38,50H,9-10,12-13,17,20,25-28H2,1-8H3,(H,49,51,56)/t31-,33?,35?,38?/m0/s1. The van der Waals surface area contributed by atoms with Gasteiger partial charge in [0.05, 0.1) is 11.1 Å². The van der Waals surface area contributed by atoms with Gasteiger partial charge in [0.25, 0.3) is 0 Å². The van der Waals surface area contributed by atoms with E-state index in [1.54, 1.807) is 13.8 Å². The number of ether oxygens (including phenoxy) is 2. The van der Waals surface area contributed by atoms with Crippen LogP contribution in [-0.2, 0) is 24.5 Å². The van der Waals surface area contributed by atoms with Crippen LogP contribution in [0.1, 0.15) is 113 Å². The molecule has 2 atom stereocenters. The number of rotatable bonds is 10. The third kappa shape index (κ3) is 8.93. The van der Waals surface area contributed by atoms with Gasteiger partial charge in [-0.1, -0.05) is 30.2 Å². The number of likely N-dealkylation sites (tertiary alicyclic amines) is 1. The van der Waals surface area contributed by atoms with Crippen molar-refractivity contribution in [2.75, 3.05) is 32.8 Å². The summed E-state index contributed by atoms with van der Waals surface area (Å²) in [6, 6.07) is 17.5. The summed E-state index contributed by atoms with van der Waals surface area (Å²) >= 11 is 0. The van der Waals surface area contributed by atoms with Crippen LogP contribution in [0.15, 0.2) is 65.9 Å². The predicted octanol–water partition coefficient (Wildman–Crippen LogP) is 8.54. The van der Waals surface area contributed by atoms with Gasteiger partial charge in [-0.05, 0) is 138 Å². The third-order valence-corrected chi connectivity index (χ3v) is 12.5. The van der Waals surface area contributed by atoms with E-state index in [1.165, 1.54) is 36.5 Å². The Labute approximate surface area is 343 Å². The second-order valence-electron chi connectivity index (χ2n) is 18.1. The molecule has 8 rings (SSSR count). The fraction of sp³-hybridized carbons (Fsp3) is 0.511. The van der Waals surface area contributed by atoms with Crippen molar-refractivity contribution in [2.24, 2.45) is 10.9 Å². The molecule has 2 bridgehead atoms. The van der Waals surface area contributed by atoms with Gasteiger partial charge in [-0.3, -0.25) is 24.9 Å². The highest BCUT2D eigenvalue weighted by Gasteiger charge is 2.42. The highest BCUT2D eigenvalue weighted by molar-refractivity contribution is 5.96. The van der Waals surface area contributed by atoms with E-state index in [-0.39, 0.29) is 24.3 Å². The Morgan fingerprint density at radius 1 is 0.948 bits per heavy atom. The minimum absolute atomic E-state index is 0.0710. The van der Waals surface area contributed by atoms with Crippen LogP contribution in [0.3, 0.4) is 0 Å². The van der Waals surface area contributed by atoms with Crippen molar-refractivity contribution in [1.82, 2.24) is 25.1 Å². The molecule has 11 heteroatoms. The molecule has 4 aliphatic rings. The molecule has 11 nitrogen and oxygen atoms in total. The van der Waals surface area contributed by atoms with Crippen LogP contribution in [-0.4, -0.2) is 88.1 Å². The van der Waals surface area contributed by atoms with Gasteiger partial charge in [-0.2, -0.15) is 0 Å². The van der Waals surface area contributed by atoms with E-state index in [4.69, 9.17) is 14.5 Å². The summed E-state index contributed by atoms with van der Waals surface area (Å²) in [6.07, 6.45) is 8.50. The molecule has 58 heavy (non-hydrogen) atoms. The topological polar surface area (TPSA) is 129 Å². The average Bonchev–Trinajstić information content (AvgIpc) is 3.84. The van der Waals surface area contributed by atoms with Crippen LogP contribution in [0, 0.1) is 19.8 Å². The van der Waals surface area contributed by atoms with E-state index in [1.807, 2.05) is 24.5 Å². The quantitative estimate of drug-likeness (QED) is 0.0937. The molecule has 0 spiro atoms. The first-order chi connectivity index (χ1) is 27.6. The summed E-state index contributed by atoms with van der Waals surface area (Å²) in [4.78, 5) is 56.8. The van der Waals surface area contributed by atoms with Gasteiger partial charge < -0.3 is 24.3 Å². The summed E-state index contributed by atoms with van der Waals surface area (Å²) in [7, 11) is 0. The number of fused-ring (bicyclic) bond motifs is 4. The van der Waals surface area contributed by atoms with Gasteiger partial charge in [0.2, 0.25) is 11.9 Å². The number of hydrogen-bond acceptors (Lipinski definition) is 7. The zero-order valence-corrected chi connectivity index (χ0v) is 35.5. The Morgan fingerprint density at radius 3 is 2.31 bits per heavy atom. The van der Waals surface area contributed by atoms with E-state index in [0.29, 0.717) is 37.6 Å². The van der Waals surface area contributed by atoms with Gasteiger partial charge in [-0.25, -0.2) is 4.79 Å². The number of alkyl carbamates (subject to hydrolysis) is 1. The molecule has 1 unspecified atom stereocenters. The zero-order chi connectivity index (χ0) is 41.4. The normalized spacial score (nSPS) is 20.3. The number of nitrogens with one attached hydrogen (secondary N) is 2. The van der Waals surface area contributed by atoms with Gasteiger partial charge in [-0.15, -0.1) is 0 Å². The smallest absolute Gasteiger partial charge is 0.414 e. The second-order valence-corrected chi connectivity index (χ2v) is 18.1. The maximum atomic E-state index is 14.4. The minimum Gasteiger partial charge on any atom is -0.462 e. The maximum Gasteiger partial charge on any atom is 0.414 e. The van der Waals surface area contributed by atoms with Gasteiger partial charge in [0.15, 0.2) is 0 Å². The van der Waals surface area contributed by atoms with E-state index < -0.39 is 23.1 Å². The maximum absolute atomic E-state index is 14.4. The Balaban J connectivity index is 1.23. The molecule has 4 fully saturated rings. The number of amides is 2. The van der Waals surface area contributed by atoms with E-state index in [0.717, 1.165) is 59.1 Å². The number of piperidine rings is 2. The van der Waals surface area contributed by atoms with Crippen LogP contribution in [0.2, 0.25) is 0 Å². The third-order valence-electron chi connectivity index (χ3n) is 12.5. The summed E-state index contributed by atoms with van der Waals surface area (Å²) in [5, 5.41) is 4.04. The van der Waals surface area contributed by atoms with Gasteiger partial charge in [0, 0.05) is 74.3 Å². The van der Waals surface area contributed by atoms with Crippen molar-refractivity contribution in [2.45, 2.75) is 116 Å². The Morgan fingerprint density at radius 2 is 1.66 bits per heavy atom. The van der Waals surface area contributed by atoms with E-state index in [2.05, 4.69) is 96.1 Å². The molecule has 2 amide bonds. The number of carbonyl (C=O) groups excluding carboxylic acids is 3. The molecular weight excluding hydrogens is 729 g/mol. The zero-order valence-electron chi connectivity index (χ0n) is 35.5. The molecule has 3 aliphatic heterocycles. The molecule has 308 valence electrons. The molecule has 2 aromatic carbocycles. The summed E-state index contributed by atoms with van der Waals surface area (Å²) in [6.45, 7) is 17.8. The Kier molecular flexibility index (Phi) is 11.7. The first-order valence-corrected chi connectivity index (χ1v) is 21.0. The molecule has 4 aromatic rings. The van der Waals surface area contributed by atoms with Crippen molar-refractivity contribution in [3.05, 3.63) is 88.7 Å². The van der Waals surface area contributed by atoms with Crippen molar-refractivity contribution in [3.8, 4) is 11.3 Å². The number of hydrogen-bond donors (Lipinski definition) is 2. The number of esters is 1. The summed E-state index contributed by atoms with van der Waals surface area (Å²) in [5.74, 6) is 0.969. The lowest BCUT2D eigenvalue weighted by Gasteiger charge is -2.47. The van der Waals surface area contributed by atoms with Crippen molar-refractivity contribution in [3.63, 3.8) is 0 Å². The fourth-order valence-corrected chi connectivity index (χ4v) is 9.32. The van der Waals surface area contributed by atoms with Crippen LogP contribution < -0.4 is 5.32 Å². The average molecular weight is 789 g/mol. The number of pyridine rings is 1. The van der Waals surface area contributed by atoms with Crippen LogP contribution in [0.25, 0.3) is 22.2 Å². The van der Waals surface area contributed by atoms with Crippen molar-refractivity contribution >= 4 is 34.8 Å². The molecule has 1 aliphatic carbocycles. The van der Waals surface area contributed by atoms with Gasteiger partial charge in [0.1, 0.15) is 12.2 Å². The predicted molar refractivity (Wildman–Crippen MR) is 228 cm³/mol. The number of aryl methyl sites for hydroxylation is 2. The van der Waals surface area contributed by atoms with Crippen LogP contribution in [0.5, 0.6) is 0 Å². The number of aromatic nitrogens is 2. The number of nitrogens with zero attached hydrogens (tertiary/aromatic N) is 4. The van der Waals surface area contributed by atoms with Crippen molar-refractivity contribution in [1.29, 1.82) is 0 Å². The molecule has 3 saturated heterocycles. The lowest BCUT2D eigenvalue weighted by Crippen LogP contribution is -2.55. The largest absolute Gasteiger partial charge is 0.462 e. The van der Waals surface area contributed by atoms with Crippen LogP contribution >= 0.6 is 0 Å². The Bertz CT molecular complexity index is 2160. The second kappa shape index (κ2) is 16.6. The lowest BCUT2D eigenvalue weighted by atomic mass is 9.76. The minimum atomic E-state index is -1.05. The first-order valence-electron chi connectivity index (χ1n) is 21.0. The first kappa shape index (κ1) is 41.0. The van der Waals surface area contributed by atoms with E-state index >= 15 is 0 Å². The molecule has 2 N–H and O–H groups in total. The molecule has 5 heterocycles. The van der Waals surface area contributed by atoms with Crippen LogP contribution in [0.4, 0.5) is 4.79 Å². The highest BCUT2D eigenvalue weighted by Crippen LogP contribution is 2.41.